The molecule has 4 N–H and O–H groups in total. The van der Waals surface area contributed by atoms with Gasteiger partial charge in [0.2, 0.25) is 0 Å². The van der Waals surface area contributed by atoms with Crippen molar-refractivity contribution in [1.29, 1.82) is 0 Å². The number of hydrogen-bond acceptors (Lipinski definition) is 0. The lowest BCUT2D eigenvalue weighted by molar-refractivity contribution is 1.24. The molecule has 0 amide bonds. The fraction of sp³-hybridized carbons (Fsp3) is 0.250. The molecule has 0 aliphatic carbocycles. The standard InChI is InChI=1S/C44H40N4.2C2H6/c1-21-9-29-30(10-22(21)2)38-18-40-33-13-25(5)26(6)14-34(33)42(47-40)20-44-36-16-28(8)27(7)15-35(36)43(48-44)19-41-32-12-24(4)23(3)11-31(32)39(46-41)17-37(29)45-38;2*1-2/h9-20,45-48H,1-8H3;2*1-2H3. The summed E-state index contributed by atoms with van der Waals surface area (Å²) in [6, 6.07) is 18.7. The van der Waals surface area contributed by atoms with Crippen LogP contribution in [0.15, 0.2) is 48.5 Å². The van der Waals surface area contributed by atoms with Gasteiger partial charge < -0.3 is 19.9 Å². The molecule has 4 nitrogen and oxygen atoms in total. The van der Waals surface area contributed by atoms with E-state index >= 15 is 0 Å². The van der Waals surface area contributed by atoms with Crippen molar-refractivity contribution >= 4 is 67.4 Å². The maximum absolute atomic E-state index is 3.87. The van der Waals surface area contributed by atoms with Gasteiger partial charge in [0.05, 0.1) is 0 Å². The Balaban J connectivity index is 0.00000102. The summed E-state index contributed by atoms with van der Waals surface area (Å²) in [6.07, 6.45) is 9.22. The molecule has 5 heterocycles. The van der Waals surface area contributed by atoms with Gasteiger partial charge in [-0.1, -0.05) is 27.7 Å². The number of fused-ring (bicyclic) bond motifs is 20. The third-order valence-electron chi connectivity index (χ3n) is 11.1. The number of aromatic amines is 4. The van der Waals surface area contributed by atoms with Crippen LogP contribution in [0.3, 0.4) is 0 Å². The third-order valence-corrected chi connectivity index (χ3v) is 11.1. The minimum atomic E-state index is 1.10. The fourth-order valence-corrected chi connectivity index (χ4v) is 7.65. The first kappa shape index (κ1) is 34.9. The molecule has 52 heavy (non-hydrogen) atoms. The highest BCUT2D eigenvalue weighted by Crippen LogP contribution is 2.30. The van der Waals surface area contributed by atoms with Crippen molar-refractivity contribution in [3.05, 3.63) is 137 Å². The van der Waals surface area contributed by atoms with Gasteiger partial charge in [0.25, 0.3) is 0 Å². The highest BCUT2D eigenvalue weighted by molar-refractivity contribution is 6.01. The van der Waals surface area contributed by atoms with Crippen molar-refractivity contribution in [3.8, 4) is 0 Å². The molecule has 1 aliphatic heterocycles. The second kappa shape index (κ2) is 13.2. The van der Waals surface area contributed by atoms with Gasteiger partial charge in [-0.15, -0.1) is 0 Å². The molecule has 0 atom stereocenters. The SMILES string of the molecule is CC.CC.Cc1cc2c3[nH]c(c2cc1C)C=c1[nH]c(c2cc(C)c(C)cc12)=Cc1[nH]c(c2cc(C)c(C)cc12)C=c1[nH]c(c2cc(C)c(C)cc12)=C3. The van der Waals surface area contributed by atoms with Crippen molar-refractivity contribution in [2.24, 2.45) is 0 Å². The van der Waals surface area contributed by atoms with E-state index in [9.17, 15) is 0 Å². The number of nitrogens with one attached hydrogen (secondary N) is 4. The van der Waals surface area contributed by atoms with Gasteiger partial charge in [0, 0.05) is 87.3 Å². The van der Waals surface area contributed by atoms with Crippen LogP contribution < -0.4 is 21.4 Å². The van der Waals surface area contributed by atoms with Crippen molar-refractivity contribution < 1.29 is 0 Å². The molecule has 9 rings (SSSR count). The number of benzene rings is 4. The summed E-state index contributed by atoms with van der Waals surface area (Å²) < 4.78 is 0. The Morgan fingerprint density at radius 1 is 0.250 bits per heavy atom. The second-order valence-electron chi connectivity index (χ2n) is 14.3. The zero-order valence-electron chi connectivity index (χ0n) is 32.9. The summed E-state index contributed by atoms with van der Waals surface area (Å²) in [7, 11) is 0. The monoisotopic (exact) mass is 684 g/mol. The number of aromatic nitrogens is 4. The van der Waals surface area contributed by atoms with Gasteiger partial charge in [-0.05, 0) is 173 Å². The Morgan fingerprint density at radius 2 is 0.423 bits per heavy atom. The first-order valence-corrected chi connectivity index (χ1v) is 18.9. The lowest BCUT2D eigenvalue weighted by atomic mass is 10.0. The molecule has 4 aromatic carbocycles. The Hall–Kier alpha value is -5.48. The molecule has 0 unspecified atom stereocenters. The van der Waals surface area contributed by atoms with Crippen LogP contribution in [-0.4, -0.2) is 19.9 Å². The molecule has 1 aliphatic rings. The molecule has 0 radical (unpaired) electrons. The van der Waals surface area contributed by atoms with Crippen molar-refractivity contribution in [2.45, 2.75) is 83.1 Å². The zero-order valence-corrected chi connectivity index (χ0v) is 32.9. The molecule has 4 aromatic heterocycles. The summed E-state index contributed by atoms with van der Waals surface area (Å²) in [4.78, 5) is 15.5. The molecule has 8 bridgehead atoms. The van der Waals surface area contributed by atoms with Gasteiger partial charge in [-0.3, -0.25) is 0 Å². The van der Waals surface area contributed by atoms with Crippen LogP contribution in [0.2, 0.25) is 0 Å². The Kier molecular flexibility index (Phi) is 8.90. The predicted molar refractivity (Wildman–Crippen MR) is 227 cm³/mol. The van der Waals surface area contributed by atoms with E-state index in [0.717, 1.165) is 44.2 Å². The molecule has 0 saturated carbocycles. The van der Waals surface area contributed by atoms with Crippen LogP contribution in [-0.2, 0) is 0 Å². The number of H-pyrrole nitrogens is 4. The van der Waals surface area contributed by atoms with E-state index in [0.29, 0.717) is 0 Å². The molecule has 264 valence electrons. The average Bonchev–Trinajstić information content (AvgIpc) is 3.83. The van der Waals surface area contributed by atoms with Crippen molar-refractivity contribution in [2.75, 3.05) is 0 Å². The number of rotatable bonds is 0. The smallest absolute Gasteiger partial charge is 0.0486 e. The van der Waals surface area contributed by atoms with Crippen molar-refractivity contribution in [1.82, 2.24) is 19.9 Å². The molecule has 0 spiro atoms. The Morgan fingerprint density at radius 3 is 0.615 bits per heavy atom. The highest BCUT2D eigenvalue weighted by Gasteiger charge is 2.15. The summed E-state index contributed by atoms with van der Waals surface area (Å²) in [5.41, 5.74) is 14.7. The minimum Gasteiger partial charge on any atom is -0.354 e. The van der Waals surface area contributed by atoms with E-state index in [-0.39, 0.29) is 0 Å². The van der Waals surface area contributed by atoms with Crippen LogP contribution in [0, 0.1) is 55.4 Å². The topological polar surface area (TPSA) is 63.2 Å². The average molecular weight is 685 g/mol. The lowest BCUT2D eigenvalue weighted by Crippen LogP contribution is -2.11. The molecule has 8 aromatic rings. The first-order valence-electron chi connectivity index (χ1n) is 18.9. The molecular weight excluding hydrogens is 633 g/mol. The largest absolute Gasteiger partial charge is 0.354 e. The minimum absolute atomic E-state index is 1.10. The highest BCUT2D eigenvalue weighted by atomic mass is 14.8. The molecule has 0 fully saturated rings. The van der Waals surface area contributed by atoms with E-state index < -0.39 is 0 Å². The predicted octanol–water partition coefficient (Wildman–Crippen LogP) is 9.76. The Labute approximate surface area is 306 Å². The maximum Gasteiger partial charge on any atom is 0.0486 e. The van der Waals surface area contributed by atoms with Gasteiger partial charge >= 0.3 is 0 Å². The second-order valence-corrected chi connectivity index (χ2v) is 14.3. The number of aryl methyl sites for hydroxylation is 8. The van der Waals surface area contributed by atoms with Gasteiger partial charge in [0.15, 0.2) is 0 Å². The summed E-state index contributed by atoms with van der Waals surface area (Å²) in [5, 5.41) is 14.2. The fourth-order valence-electron chi connectivity index (χ4n) is 7.65. The van der Waals surface area contributed by atoms with E-state index in [4.69, 9.17) is 0 Å². The first-order chi connectivity index (χ1) is 25.0. The summed E-state index contributed by atoms with van der Waals surface area (Å²) in [5.74, 6) is 0. The zero-order chi connectivity index (χ0) is 37.2. The van der Waals surface area contributed by atoms with E-state index in [2.05, 4.69) is 148 Å². The molecular formula is C48H52N4. The van der Waals surface area contributed by atoms with E-state index in [1.807, 2.05) is 27.7 Å². The van der Waals surface area contributed by atoms with E-state index in [1.165, 1.54) is 87.6 Å². The van der Waals surface area contributed by atoms with Gasteiger partial charge in [-0.2, -0.15) is 0 Å². The maximum atomic E-state index is 3.87. The van der Waals surface area contributed by atoms with Crippen LogP contribution in [0.4, 0.5) is 0 Å². The quantitative estimate of drug-likeness (QED) is 0.123. The summed E-state index contributed by atoms with van der Waals surface area (Å²) >= 11 is 0. The van der Waals surface area contributed by atoms with Crippen molar-refractivity contribution in [3.63, 3.8) is 0 Å². The van der Waals surface area contributed by atoms with Crippen LogP contribution in [0.5, 0.6) is 0 Å². The van der Waals surface area contributed by atoms with E-state index in [1.54, 1.807) is 0 Å². The lowest BCUT2D eigenvalue weighted by Gasteiger charge is -2.02. The third kappa shape index (κ3) is 5.62. The van der Waals surface area contributed by atoms with Gasteiger partial charge in [0.1, 0.15) is 0 Å². The van der Waals surface area contributed by atoms with Crippen LogP contribution >= 0.6 is 0 Å². The van der Waals surface area contributed by atoms with Crippen LogP contribution in [0.1, 0.15) is 95.0 Å². The molecule has 0 saturated heterocycles. The van der Waals surface area contributed by atoms with Crippen LogP contribution in [0.25, 0.3) is 67.4 Å². The Bertz CT molecular complexity index is 2570. The normalized spacial score (nSPS) is 12.1. The summed E-state index contributed by atoms with van der Waals surface area (Å²) in [6.45, 7) is 25.6. The number of hydrogen-bond donors (Lipinski definition) is 4. The van der Waals surface area contributed by atoms with Gasteiger partial charge in [-0.25, -0.2) is 0 Å². The molecule has 4 heteroatoms.